The summed E-state index contributed by atoms with van der Waals surface area (Å²) in [5.41, 5.74) is 9.36. The second-order valence-corrected chi connectivity index (χ2v) is 8.69. The number of aliphatic imine (C=N–C) groups is 1. The van der Waals surface area contributed by atoms with Crippen LogP contribution in [0.5, 0.6) is 0 Å². The summed E-state index contributed by atoms with van der Waals surface area (Å²) in [5, 5.41) is 0.767. The molecular weight excluding hydrogens is 394 g/mol. The van der Waals surface area contributed by atoms with Crippen molar-refractivity contribution in [3.8, 4) is 0 Å². The first-order valence-electron chi connectivity index (χ1n) is 10.5. The number of carbonyl (C=O) groups is 1. The summed E-state index contributed by atoms with van der Waals surface area (Å²) in [7, 11) is 0. The Balaban J connectivity index is 1.55. The first-order chi connectivity index (χ1) is 14.6. The average molecular weight is 418 g/mol. The van der Waals surface area contributed by atoms with E-state index >= 15 is 0 Å². The molecule has 5 rings (SSSR count). The first kappa shape index (κ1) is 19.3. The standard InChI is InChI=1S/C25H24ClN3O/c1-16-2-3-18-4-5-19-13-21(26)6-7-22(19)24(25(18)28-16)20-9-11-29(15-20)23(30)12-17-8-10-27-14-17/h2-3,6-8,13-14H,4-5,9-12,15H2,1H3/b24-20-. The number of likely N-dealkylation sites (tertiary alicyclic amines) is 1. The second kappa shape index (κ2) is 7.84. The molecule has 2 aromatic rings. The SMILES string of the molecule is Cc1ccc2c(n1)/C(=C1/CCN(C(=O)CC3=CCN=C3)C1)c1ccc(Cl)cc1CC2. The highest BCUT2D eigenvalue weighted by Gasteiger charge is 2.29. The van der Waals surface area contributed by atoms with Gasteiger partial charge in [0, 0.05) is 35.6 Å². The lowest BCUT2D eigenvalue weighted by Gasteiger charge is -2.17. The molecule has 1 amide bonds. The first-order valence-corrected chi connectivity index (χ1v) is 10.9. The molecule has 5 heteroatoms. The molecule has 30 heavy (non-hydrogen) atoms. The van der Waals surface area contributed by atoms with E-state index in [4.69, 9.17) is 16.6 Å². The average Bonchev–Trinajstić information content (AvgIpc) is 3.39. The quantitative estimate of drug-likeness (QED) is 0.718. The molecule has 0 N–H and O–H groups in total. The second-order valence-electron chi connectivity index (χ2n) is 8.26. The van der Waals surface area contributed by atoms with Gasteiger partial charge in [-0.25, -0.2) is 0 Å². The minimum atomic E-state index is 0.174. The molecule has 0 unspecified atom stereocenters. The Kier molecular flexibility index (Phi) is 5.03. The van der Waals surface area contributed by atoms with Gasteiger partial charge < -0.3 is 4.90 Å². The smallest absolute Gasteiger partial charge is 0.227 e. The molecule has 0 saturated carbocycles. The van der Waals surface area contributed by atoms with Crippen LogP contribution >= 0.6 is 11.6 Å². The zero-order valence-electron chi connectivity index (χ0n) is 17.1. The Hall–Kier alpha value is -2.72. The highest BCUT2D eigenvalue weighted by atomic mass is 35.5. The third-order valence-corrected chi connectivity index (χ3v) is 6.43. The maximum Gasteiger partial charge on any atom is 0.227 e. The van der Waals surface area contributed by atoms with Crippen molar-refractivity contribution in [3.63, 3.8) is 0 Å². The van der Waals surface area contributed by atoms with E-state index < -0.39 is 0 Å². The van der Waals surface area contributed by atoms with E-state index in [-0.39, 0.29) is 5.91 Å². The lowest BCUT2D eigenvalue weighted by molar-refractivity contribution is -0.129. The molecule has 3 aliphatic rings. The van der Waals surface area contributed by atoms with Gasteiger partial charge >= 0.3 is 0 Å². The lowest BCUT2D eigenvalue weighted by atomic mass is 9.92. The summed E-state index contributed by atoms with van der Waals surface area (Å²) in [6, 6.07) is 10.5. The topological polar surface area (TPSA) is 45.6 Å². The number of rotatable bonds is 2. The molecule has 1 aliphatic carbocycles. The number of aromatic nitrogens is 1. The monoisotopic (exact) mass is 417 g/mol. The van der Waals surface area contributed by atoms with Gasteiger partial charge in [0.05, 0.1) is 18.7 Å². The van der Waals surface area contributed by atoms with E-state index in [0.717, 1.165) is 47.8 Å². The molecule has 0 atom stereocenters. The molecule has 3 heterocycles. The molecule has 1 saturated heterocycles. The van der Waals surface area contributed by atoms with E-state index in [2.05, 4.69) is 29.3 Å². The Labute approximate surface area is 182 Å². The number of halogens is 1. The predicted molar refractivity (Wildman–Crippen MR) is 121 cm³/mol. The number of hydrogen-bond donors (Lipinski definition) is 0. The third-order valence-electron chi connectivity index (χ3n) is 6.20. The van der Waals surface area contributed by atoms with Crippen molar-refractivity contribution in [2.45, 2.75) is 32.6 Å². The Morgan fingerprint density at radius 3 is 2.83 bits per heavy atom. The van der Waals surface area contributed by atoms with Gasteiger partial charge in [-0.05, 0) is 72.2 Å². The maximum absolute atomic E-state index is 12.9. The Morgan fingerprint density at radius 1 is 1.13 bits per heavy atom. The maximum atomic E-state index is 12.9. The largest absolute Gasteiger partial charge is 0.338 e. The molecule has 4 nitrogen and oxygen atoms in total. The molecule has 152 valence electrons. The number of aryl methyl sites for hydroxylation is 3. The van der Waals surface area contributed by atoms with Crippen molar-refractivity contribution in [2.24, 2.45) is 4.99 Å². The summed E-state index contributed by atoms with van der Waals surface area (Å²) < 4.78 is 0. The highest BCUT2D eigenvalue weighted by Crippen LogP contribution is 2.38. The molecule has 1 aromatic carbocycles. The Morgan fingerprint density at radius 2 is 2.00 bits per heavy atom. The Bertz CT molecular complexity index is 1130. The summed E-state index contributed by atoms with van der Waals surface area (Å²) in [6.45, 7) is 4.15. The predicted octanol–water partition coefficient (Wildman–Crippen LogP) is 4.58. The van der Waals surface area contributed by atoms with E-state index in [0.29, 0.717) is 19.5 Å². The van der Waals surface area contributed by atoms with Crippen LogP contribution in [0, 0.1) is 6.92 Å². The van der Waals surface area contributed by atoms with Crippen molar-refractivity contribution < 1.29 is 4.79 Å². The van der Waals surface area contributed by atoms with Gasteiger partial charge in [0.2, 0.25) is 5.91 Å². The number of hydrogen-bond acceptors (Lipinski definition) is 3. The number of pyridine rings is 1. The van der Waals surface area contributed by atoms with E-state index in [9.17, 15) is 4.79 Å². The van der Waals surface area contributed by atoms with Crippen molar-refractivity contribution >= 4 is 29.3 Å². The fraction of sp³-hybridized carbons (Fsp3) is 0.320. The number of benzene rings is 1. The molecule has 0 spiro atoms. The summed E-state index contributed by atoms with van der Waals surface area (Å²) >= 11 is 6.32. The van der Waals surface area contributed by atoms with Crippen LogP contribution < -0.4 is 0 Å². The van der Waals surface area contributed by atoms with Gasteiger partial charge in [-0.2, -0.15) is 0 Å². The van der Waals surface area contributed by atoms with Crippen molar-refractivity contribution in [2.75, 3.05) is 19.6 Å². The lowest BCUT2D eigenvalue weighted by Crippen LogP contribution is -2.28. The van der Waals surface area contributed by atoms with Crippen LogP contribution in [0.1, 0.15) is 40.9 Å². The van der Waals surface area contributed by atoms with Crippen LogP contribution in [0.2, 0.25) is 5.02 Å². The van der Waals surface area contributed by atoms with Gasteiger partial charge in [0.25, 0.3) is 0 Å². The molecule has 1 fully saturated rings. The zero-order chi connectivity index (χ0) is 20.7. The van der Waals surface area contributed by atoms with Crippen LogP contribution in [0.15, 0.2) is 52.5 Å². The summed E-state index contributed by atoms with van der Waals surface area (Å²) in [4.78, 5) is 24.0. The van der Waals surface area contributed by atoms with E-state index in [1.165, 1.54) is 27.8 Å². The number of carbonyl (C=O) groups excluding carboxylic acids is 1. The van der Waals surface area contributed by atoms with Crippen molar-refractivity contribution in [1.82, 2.24) is 9.88 Å². The zero-order valence-corrected chi connectivity index (χ0v) is 17.9. The van der Waals surface area contributed by atoms with Crippen LogP contribution in [0.25, 0.3) is 5.57 Å². The van der Waals surface area contributed by atoms with Gasteiger partial charge in [-0.15, -0.1) is 0 Å². The van der Waals surface area contributed by atoms with Gasteiger partial charge in [-0.1, -0.05) is 29.8 Å². The third kappa shape index (κ3) is 3.61. The minimum absolute atomic E-state index is 0.174. The van der Waals surface area contributed by atoms with Crippen LogP contribution in [0.3, 0.4) is 0 Å². The normalized spacial score (nSPS) is 20.1. The fourth-order valence-electron chi connectivity index (χ4n) is 4.64. The molecule has 2 aliphatic heterocycles. The summed E-state index contributed by atoms with van der Waals surface area (Å²) in [5.74, 6) is 0.174. The molecule has 1 aromatic heterocycles. The molecule has 0 bridgehead atoms. The number of nitrogens with zero attached hydrogens (tertiary/aromatic N) is 3. The minimum Gasteiger partial charge on any atom is -0.338 e. The van der Waals surface area contributed by atoms with Crippen molar-refractivity contribution in [3.05, 3.63) is 80.7 Å². The highest BCUT2D eigenvalue weighted by molar-refractivity contribution is 6.30. The van der Waals surface area contributed by atoms with Crippen molar-refractivity contribution in [1.29, 1.82) is 0 Å². The number of fused-ring (bicyclic) bond motifs is 2. The number of amides is 1. The van der Waals surface area contributed by atoms with E-state index in [1.54, 1.807) is 0 Å². The van der Waals surface area contributed by atoms with Crippen LogP contribution in [-0.4, -0.2) is 41.6 Å². The van der Waals surface area contributed by atoms with Crippen LogP contribution in [-0.2, 0) is 17.6 Å². The van der Waals surface area contributed by atoms with Crippen LogP contribution in [0.4, 0.5) is 0 Å². The van der Waals surface area contributed by atoms with Gasteiger partial charge in [-0.3, -0.25) is 14.8 Å². The summed E-state index contributed by atoms with van der Waals surface area (Å²) in [6.07, 6.45) is 7.06. The van der Waals surface area contributed by atoms with E-state index in [1.807, 2.05) is 30.2 Å². The molecule has 0 radical (unpaired) electrons. The molecular formula is C25H24ClN3O. The fourth-order valence-corrected chi connectivity index (χ4v) is 4.84. The van der Waals surface area contributed by atoms with Gasteiger partial charge in [0.1, 0.15) is 0 Å². The van der Waals surface area contributed by atoms with Gasteiger partial charge in [0.15, 0.2) is 0 Å².